The van der Waals surface area contributed by atoms with Crippen LogP contribution in [0.3, 0.4) is 0 Å². The molecule has 0 radical (unpaired) electrons. The fourth-order valence-corrected chi connectivity index (χ4v) is 1.48. The second kappa shape index (κ2) is 4.24. The summed E-state index contributed by atoms with van der Waals surface area (Å²) in [6.45, 7) is 9.81. The molecule has 0 aromatic heterocycles. The highest BCUT2D eigenvalue weighted by atomic mass is 16.5. The van der Waals surface area contributed by atoms with Crippen LogP contribution in [0.25, 0.3) is 0 Å². The predicted molar refractivity (Wildman–Crippen MR) is 51.3 cm³/mol. The summed E-state index contributed by atoms with van der Waals surface area (Å²) in [6, 6.07) is 1.17. The fourth-order valence-electron chi connectivity index (χ4n) is 1.48. The summed E-state index contributed by atoms with van der Waals surface area (Å²) in [4.78, 5) is 0. The summed E-state index contributed by atoms with van der Waals surface area (Å²) in [6.07, 6.45) is 1.56. The van der Waals surface area contributed by atoms with Crippen LogP contribution < -0.4 is 5.32 Å². The Kier molecular flexibility index (Phi) is 3.53. The van der Waals surface area contributed by atoms with Crippen molar-refractivity contribution in [2.45, 2.75) is 52.3 Å². The molecule has 3 atom stereocenters. The van der Waals surface area contributed by atoms with Crippen LogP contribution in [0.5, 0.6) is 0 Å². The van der Waals surface area contributed by atoms with Crippen molar-refractivity contribution >= 4 is 0 Å². The maximum Gasteiger partial charge on any atom is 0.0700 e. The van der Waals surface area contributed by atoms with E-state index in [9.17, 15) is 0 Å². The Labute approximate surface area is 75.7 Å². The summed E-state index contributed by atoms with van der Waals surface area (Å²) < 4.78 is 5.48. The van der Waals surface area contributed by atoms with Gasteiger partial charge in [0.2, 0.25) is 0 Å². The number of ether oxygens (including phenoxy) is 1. The Morgan fingerprint density at radius 2 is 2.00 bits per heavy atom. The molecule has 1 rings (SSSR count). The lowest BCUT2D eigenvalue weighted by Gasteiger charge is -2.24. The Hall–Kier alpha value is -0.0800. The number of hydrogen-bond acceptors (Lipinski definition) is 2. The van der Waals surface area contributed by atoms with Gasteiger partial charge in [0.1, 0.15) is 0 Å². The van der Waals surface area contributed by atoms with Crippen molar-refractivity contribution in [2.75, 3.05) is 6.61 Å². The van der Waals surface area contributed by atoms with E-state index in [1.807, 2.05) is 0 Å². The van der Waals surface area contributed by atoms with Gasteiger partial charge in [0, 0.05) is 18.7 Å². The smallest absolute Gasteiger partial charge is 0.0700 e. The maximum atomic E-state index is 5.48. The van der Waals surface area contributed by atoms with Crippen molar-refractivity contribution < 1.29 is 4.74 Å². The quantitative estimate of drug-likeness (QED) is 0.699. The SMILES string of the molecule is CC(C)[C@H](C)N[C@@H]1CCO[C@H]1C. The molecule has 0 saturated carbocycles. The predicted octanol–water partition coefficient (Wildman–Crippen LogP) is 1.80. The van der Waals surface area contributed by atoms with E-state index in [1.165, 1.54) is 0 Å². The van der Waals surface area contributed by atoms with E-state index in [-0.39, 0.29) is 0 Å². The Morgan fingerprint density at radius 3 is 2.42 bits per heavy atom. The van der Waals surface area contributed by atoms with Gasteiger partial charge in [-0.15, -0.1) is 0 Å². The van der Waals surface area contributed by atoms with Crippen molar-refractivity contribution in [2.24, 2.45) is 5.92 Å². The van der Waals surface area contributed by atoms with Gasteiger partial charge in [0.25, 0.3) is 0 Å². The van der Waals surface area contributed by atoms with Crippen LogP contribution in [0, 0.1) is 5.92 Å². The lowest BCUT2D eigenvalue weighted by Crippen LogP contribution is -2.42. The molecule has 0 aromatic carbocycles. The molecule has 0 aliphatic carbocycles. The molecular formula is C10H21NO. The van der Waals surface area contributed by atoms with Crippen LogP contribution in [0.1, 0.15) is 34.1 Å². The van der Waals surface area contributed by atoms with Crippen molar-refractivity contribution in [1.29, 1.82) is 0 Å². The molecule has 2 nitrogen and oxygen atoms in total. The minimum absolute atomic E-state index is 0.395. The third-order valence-corrected chi connectivity index (χ3v) is 2.85. The van der Waals surface area contributed by atoms with Crippen molar-refractivity contribution in [3.8, 4) is 0 Å². The van der Waals surface area contributed by atoms with E-state index in [0.717, 1.165) is 13.0 Å². The van der Waals surface area contributed by atoms with Gasteiger partial charge < -0.3 is 10.1 Å². The molecule has 0 aromatic rings. The zero-order valence-corrected chi connectivity index (χ0v) is 8.63. The topological polar surface area (TPSA) is 21.3 Å². The second-order valence-electron chi connectivity index (χ2n) is 4.17. The Morgan fingerprint density at radius 1 is 1.33 bits per heavy atom. The van der Waals surface area contributed by atoms with Crippen LogP contribution in [0.15, 0.2) is 0 Å². The fraction of sp³-hybridized carbons (Fsp3) is 1.00. The van der Waals surface area contributed by atoms with Gasteiger partial charge in [-0.2, -0.15) is 0 Å². The van der Waals surface area contributed by atoms with Gasteiger partial charge in [0.15, 0.2) is 0 Å². The minimum Gasteiger partial charge on any atom is -0.377 e. The molecule has 0 spiro atoms. The van der Waals surface area contributed by atoms with E-state index in [1.54, 1.807) is 0 Å². The van der Waals surface area contributed by atoms with Gasteiger partial charge in [-0.25, -0.2) is 0 Å². The number of nitrogens with one attached hydrogen (secondary N) is 1. The highest BCUT2D eigenvalue weighted by Crippen LogP contribution is 2.14. The summed E-state index contributed by atoms with van der Waals surface area (Å²) in [5, 5.41) is 3.60. The van der Waals surface area contributed by atoms with E-state index < -0.39 is 0 Å². The van der Waals surface area contributed by atoms with Crippen LogP contribution in [0.2, 0.25) is 0 Å². The van der Waals surface area contributed by atoms with E-state index in [0.29, 0.717) is 24.1 Å². The molecular weight excluding hydrogens is 150 g/mol. The third-order valence-electron chi connectivity index (χ3n) is 2.85. The van der Waals surface area contributed by atoms with Gasteiger partial charge in [-0.3, -0.25) is 0 Å². The van der Waals surface area contributed by atoms with Crippen LogP contribution in [-0.2, 0) is 4.74 Å². The van der Waals surface area contributed by atoms with Crippen LogP contribution >= 0.6 is 0 Å². The van der Waals surface area contributed by atoms with Crippen LogP contribution in [0.4, 0.5) is 0 Å². The molecule has 1 aliphatic heterocycles. The molecule has 72 valence electrons. The van der Waals surface area contributed by atoms with Crippen LogP contribution in [-0.4, -0.2) is 24.8 Å². The first-order valence-corrected chi connectivity index (χ1v) is 4.99. The summed E-state index contributed by atoms with van der Waals surface area (Å²) in [5.74, 6) is 0.706. The maximum absolute atomic E-state index is 5.48. The van der Waals surface area contributed by atoms with Crippen molar-refractivity contribution in [1.82, 2.24) is 5.32 Å². The average Bonchev–Trinajstić information content (AvgIpc) is 2.36. The highest BCUT2D eigenvalue weighted by Gasteiger charge is 2.25. The number of hydrogen-bond donors (Lipinski definition) is 1. The normalized spacial score (nSPS) is 32.8. The Balaban J connectivity index is 2.30. The van der Waals surface area contributed by atoms with Gasteiger partial charge in [-0.05, 0) is 26.2 Å². The molecule has 1 saturated heterocycles. The molecule has 1 aliphatic rings. The average molecular weight is 171 g/mol. The largest absolute Gasteiger partial charge is 0.377 e. The number of rotatable bonds is 3. The zero-order chi connectivity index (χ0) is 9.14. The van der Waals surface area contributed by atoms with Crippen molar-refractivity contribution in [3.05, 3.63) is 0 Å². The highest BCUT2D eigenvalue weighted by molar-refractivity contribution is 4.82. The zero-order valence-electron chi connectivity index (χ0n) is 8.63. The van der Waals surface area contributed by atoms with Gasteiger partial charge >= 0.3 is 0 Å². The second-order valence-corrected chi connectivity index (χ2v) is 4.17. The molecule has 2 heteroatoms. The Bertz CT molecular complexity index is 136. The molecule has 0 amide bonds. The first-order chi connectivity index (χ1) is 5.61. The first-order valence-electron chi connectivity index (χ1n) is 4.99. The standard InChI is InChI=1S/C10H21NO/c1-7(2)8(3)11-10-5-6-12-9(10)4/h7-11H,5-6H2,1-4H3/t8-,9-,10+/m0/s1. The van der Waals surface area contributed by atoms with Crippen molar-refractivity contribution in [3.63, 3.8) is 0 Å². The summed E-state index contributed by atoms with van der Waals surface area (Å²) >= 11 is 0. The van der Waals surface area contributed by atoms with E-state index in [2.05, 4.69) is 33.0 Å². The van der Waals surface area contributed by atoms with E-state index >= 15 is 0 Å². The summed E-state index contributed by atoms with van der Waals surface area (Å²) in [7, 11) is 0. The third kappa shape index (κ3) is 2.46. The van der Waals surface area contributed by atoms with Gasteiger partial charge in [0.05, 0.1) is 6.10 Å². The first kappa shape index (κ1) is 10.0. The van der Waals surface area contributed by atoms with E-state index in [4.69, 9.17) is 4.74 Å². The molecule has 1 heterocycles. The lowest BCUT2D eigenvalue weighted by molar-refractivity contribution is 0.110. The minimum atomic E-state index is 0.395. The lowest BCUT2D eigenvalue weighted by atomic mass is 10.0. The molecule has 0 unspecified atom stereocenters. The van der Waals surface area contributed by atoms with Gasteiger partial charge in [-0.1, -0.05) is 13.8 Å². The monoisotopic (exact) mass is 171 g/mol. The molecule has 1 N–H and O–H groups in total. The summed E-state index contributed by atoms with van der Waals surface area (Å²) in [5.41, 5.74) is 0. The molecule has 0 bridgehead atoms. The molecule has 12 heavy (non-hydrogen) atoms. The molecule has 1 fully saturated rings.